The van der Waals surface area contributed by atoms with E-state index in [-0.39, 0.29) is 17.7 Å². The third-order valence-electron chi connectivity index (χ3n) is 7.47. The van der Waals surface area contributed by atoms with Crippen LogP contribution in [0.1, 0.15) is 32.6 Å². The van der Waals surface area contributed by atoms with E-state index in [9.17, 15) is 18.4 Å². The number of methoxy groups -OCH3 is 2. The minimum absolute atomic E-state index is 0.0376. The number of benzene rings is 4. The molecule has 196 valence electrons. The number of rotatable bonds is 5. The van der Waals surface area contributed by atoms with Crippen LogP contribution < -0.4 is 14.4 Å². The van der Waals surface area contributed by atoms with E-state index in [2.05, 4.69) is 0 Å². The standard InChI is InChI=1S/C31H24F2N2O4/c1-18-4-6-19(7-5-18)17-34-29(36)23-15-26(32)27(33)16-24(23)31(34)25-14-22(39-3)12-13-28(25)35(30(31)37)20-8-10-21(38-2)11-9-20/h4-16H,17H2,1-3H3. The lowest BCUT2D eigenvalue weighted by Gasteiger charge is -2.35. The van der Waals surface area contributed by atoms with Gasteiger partial charge in [-0.05, 0) is 67.1 Å². The summed E-state index contributed by atoms with van der Waals surface area (Å²) in [6.07, 6.45) is 0. The number of fused-ring (bicyclic) bond motifs is 4. The first-order chi connectivity index (χ1) is 18.8. The highest BCUT2D eigenvalue weighted by Gasteiger charge is 2.63. The minimum atomic E-state index is -1.75. The summed E-state index contributed by atoms with van der Waals surface area (Å²) in [7, 11) is 3.05. The molecule has 4 aromatic rings. The highest BCUT2D eigenvalue weighted by atomic mass is 19.2. The molecule has 6 nitrogen and oxygen atoms in total. The van der Waals surface area contributed by atoms with Crippen LogP contribution in [0.15, 0.2) is 78.9 Å². The molecule has 0 bridgehead atoms. The summed E-state index contributed by atoms with van der Waals surface area (Å²) in [5, 5.41) is 0. The van der Waals surface area contributed by atoms with Crippen LogP contribution in [-0.2, 0) is 16.9 Å². The maximum Gasteiger partial charge on any atom is 0.267 e. The van der Waals surface area contributed by atoms with E-state index in [0.717, 1.165) is 23.3 Å². The van der Waals surface area contributed by atoms with Crippen molar-refractivity contribution in [2.24, 2.45) is 0 Å². The number of carbonyl (C=O) groups excluding carboxylic acids is 2. The molecule has 0 aliphatic carbocycles. The Balaban J connectivity index is 1.64. The number of ether oxygens (including phenoxy) is 2. The summed E-state index contributed by atoms with van der Waals surface area (Å²) in [5.74, 6) is -2.29. The molecule has 4 aromatic carbocycles. The fourth-order valence-corrected chi connectivity index (χ4v) is 5.55. The van der Waals surface area contributed by atoms with E-state index in [1.807, 2.05) is 31.2 Å². The van der Waals surface area contributed by atoms with Crippen LogP contribution in [0.2, 0.25) is 0 Å². The molecule has 1 atom stereocenters. The highest BCUT2D eigenvalue weighted by molar-refractivity contribution is 6.20. The second-order valence-electron chi connectivity index (χ2n) is 9.62. The van der Waals surface area contributed by atoms with Gasteiger partial charge in [0, 0.05) is 28.9 Å². The third-order valence-corrected chi connectivity index (χ3v) is 7.47. The van der Waals surface area contributed by atoms with Crippen molar-refractivity contribution >= 4 is 23.2 Å². The molecular weight excluding hydrogens is 502 g/mol. The molecular formula is C31H24F2N2O4. The molecule has 0 saturated heterocycles. The summed E-state index contributed by atoms with van der Waals surface area (Å²) in [4.78, 5) is 31.6. The second kappa shape index (κ2) is 8.94. The van der Waals surface area contributed by atoms with Crippen molar-refractivity contribution in [2.75, 3.05) is 19.1 Å². The predicted octanol–water partition coefficient (Wildman–Crippen LogP) is 5.87. The Morgan fingerprint density at radius 3 is 2.08 bits per heavy atom. The molecule has 39 heavy (non-hydrogen) atoms. The molecule has 2 aliphatic rings. The van der Waals surface area contributed by atoms with Crippen molar-refractivity contribution in [1.29, 1.82) is 0 Å². The lowest BCUT2D eigenvalue weighted by atomic mass is 9.83. The Morgan fingerprint density at radius 1 is 0.769 bits per heavy atom. The summed E-state index contributed by atoms with van der Waals surface area (Å²) >= 11 is 0. The SMILES string of the molecule is COc1ccc(N2C(=O)C3(c4cc(F)c(F)cc4C(=O)N3Cc3ccc(C)cc3)c3cc(OC)ccc32)cc1. The molecule has 2 heterocycles. The van der Waals surface area contributed by atoms with Crippen molar-refractivity contribution in [3.05, 3.63) is 118 Å². The molecule has 0 saturated carbocycles. The predicted molar refractivity (Wildman–Crippen MR) is 141 cm³/mol. The van der Waals surface area contributed by atoms with Gasteiger partial charge in [-0.25, -0.2) is 8.78 Å². The largest absolute Gasteiger partial charge is 0.497 e. The Morgan fingerprint density at radius 2 is 1.41 bits per heavy atom. The third kappa shape index (κ3) is 3.51. The molecule has 6 rings (SSSR count). The van der Waals surface area contributed by atoms with Crippen molar-refractivity contribution in [2.45, 2.75) is 19.0 Å². The normalized spacial score (nSPS) is 17.6. The van der Waals surface area contributed by atoms with Crippen molar-refractivity contribution < 1.29 is 27.8 Å². The molecule has 1 unspecified atom stereocenters. The Kier molecular flexibility index (Phi) is 5.64. The number of halogens is 2. The molecule has 1 spiro atoms. The van der Waals surface area contributed by atoms with Gasteiger partial charge in [0.05, 0.1) is 19.9 Å². The second-order valence-corrected chi connectivity index (χ2v) is 9.62. The first-order valence-electron chi connectivity index (χ1n) is 12.3. The van der Waals surface area contributed by atoms with Gasteiger partial charge in [-0.1, -0.05) is 29.8 Å². The van der Waals surface area contributed by atoms with Gasteiger partial charge >= 0.3 is 0 Å². The average molecular weight is 527 g/mol. The van der Waals surface area contributed by atoms with Crippen LogP contribution >= 0.6 is 0 Å². The minimum Gasteiger partial charge on any atom is -0.497 e. The monoisotopic (exact) mass is 526 g/mol. The zero-order valence-electron chi connectivity index (χ0n) is 21.5. The van der Waals surface area contributed by atoms with Crippen LogP contribution in [0.5, 0.6) is 11.5 Å². The molecule has 0 radical (unpaired) electrons. The van der Waals surface area contributed by atoms with Gasteiger partial charge in [0.25, 0.3) is 11.8 Å². The Labute approximate surface area is 224 Å². The van der Waals surface area contributed by atoms with Crippen LogP contribution in [0.25, 0.3) is 0 Å². The zero-order valence-corrected chi connectivity index (χ0v) is 21.5. The van der Waals surface area contributed by atoms with E-state index < -0.39 is 29.0 Å². The van der Waals surface area contributed by atoms with Gasteiger partial charge in [0.1, 0.15) is 11.5 Å². The molecule has 0 N–H and O–H groups in total. The average Bonchev–Trinajstić information content (AvgIpc) is 3.33. The summed E-state index contributed by atoms with van der Waals surface area (Å²) in [6, 6.07) is 21.5. The van der Waals surface area contributed by atoms with Gasteiger partial charge < -0.3 is 14.4 Å². The lowest BCUT2D eigenvalue weighted by molar-refractivity contribution is -0.125. The Hall–Kier alpha value is -4.72. The van der Waals surface area contributed by atoms with Crippen LogP contribution in [0.4, 0.5) is 20.2 Å². The molecule has 2 aliphatic heterocycles. The zero-order chi connectivity index (χ0) is 27.5. The first kappa shape index (κ1) is 24.6. The first-order valence-corrected chi connectivity index (χ1v) is 12.3. The topological polar surface area (TPSA) is 59.1 Å². The van der Waals surface area contributed by atoms with E-state index in [1.54, 1.807) is 49.6 Å². The van der Waals surface area contributed by atoms with Crippen molar-refractivity contribution in [3.8, 4) is 11.5 Å². The van der Waals surface area contributed by atoms with Crippen molar-refractivity contribution in [1.82, 2.24) is 4.90 Å². The molecule has 8 heteroatoms. The number of amides is 2. The van der Waals surface area contributed by atoms with Gasteiger partial charge in [-0.2, -0.15) is 0 Å². The van der Waals surface area contributed by atoms with Gasteiger partial charge in [-0.3, -0.25) is 14.5 Å². The number of nitrogens with zero attached hydrogens (tertiary/aromatic N) is 2. The quantitative estimate of drug-likeness (QED) is 0.327. The highest BCUT2D eigenvalue weighted by Crippen LogP contribution is 2.56. The van der Waals surface area contributed by atoms with Crippen LogP contribution in [0, 0.1) is 18.6 Å². The summed E-state index contributed by atoms with van der Waals surface area (Å²) in [6.45, 7) is 1.99. The van der Waals surface area contributed by atoms with E-state index in [1.165, 1.54) is 16.9 Å². The fourth-order valence-electron chi connectivity index (χ4n) is 5.55. The van der Waals surface area contributed by atoms with Gasteiger partial charge in [0.2, 0.25) is 0 Å². The summed E-state index contributed by atoms with van der Waals surface area (Å²) in [5.41, 5.74) is 1.55. The van der Waals surface area contributed by atoms with Crippen molar-refractivity contribution in [3.63, 3.8) is 0 Å². The van der Waals surface area contributed by atoms with Gasteiger partial charge in [0.15, 0.2) is 17.2 Å². The van der Waals surface area contributed by atoms with Crippen LogP contribution in [-0.4, -0.2) is 30.9 Å². The van der Waals surface area contributed by atoms with Crippen LogP contribution in [0.3, 0.4) is 0 Å². The van der Waals surface area contributed by atoms with E-state index in [4.69, 9.17) is 9.47 Å². The maximum atomic E-state index is 14.8. The summed E-state index contributed by atoms with van der Waals surface area (Å²) < 4.78 is 40.1. The molecule has 0 aromatic heterocycles. The molecule has 0 fully saturated rings. The number of aryl methyl sites for hydroxylation is 1. The van der Waals surface area contributed by atoms with E-state index in [0.29, 0.717) is 28.4 Å². The van der Waals surface area contributed by atoms with Gasteiger partial charge in [-0.15, -0.1) is 0 Å². The lowest BCUT2D eigenvalue weighted by Crippen LogP contribution is -2.50. The van der Waals surface area contributed by atoms with E-state index >= 15 is 0 Å². The Bertz CT molecular complexity index is 1640. The number of hydrogen-bond donors (Lipinski definition) is 0. The molecule has 2 amide bonds. The smallest absolute Gasteiger partial charge is 0.267 e. The number of carbonyl (C=O) groups is 2. The number of anilines is 2. The maximum absolute atomic E-state index is 14.8. The number of hydrogen-bond acceptors (Lipinski definition) is 4. The fraction of sp³-hybridized carbons (Fsp3) is 0.161.